The lowest BCUT2D eigenvalue weighted by Gasteiger charge is -2.15. The van der Waals surface area contributed by atoms with Crippen LogP contribution in [0.15, 0.2) is 23.4 Å². The first kappa shape index (κ1) is 13.7. The second kappa shape index (κ2) is 5.80. The van der Waals surface area contributed by atoms with E-state index < -0.39 is 16.8 Å². The van der Waals surface area contributed by atoms with Crippen molar-refractivity contribution in [2.75, 3.05) is 0 Å². The summed E-state index contributed by atoms with van der Waals surface area (Å²) in [4.78, 5) is 10.0. The van der Waals surface area contributed by atoms with Crippen molar-refractivity contribution in [2.45, 2.75) is 19.4 Å². The average Bonchev–Trinajstić information content (AvgIpc) is 2.34. The smallest absolute Gasteiger partial charge is 0.311 e. The summed E-state index contributed by atoms with van der Waals surface area (Å²) in [6.45, 7) is 1.67. The van der Waals surface area contributed by atoms with Crippen molar-refractivity contribution in [1.29, 1.82) is 0 Å². The largest absolute Gasteiger partial charge is 0.475 e. The van der Waals surface area contributed by atoms with Crippen molar-refractivity contribution in [3.05, 3.63) is 34.1 Å². The van der Waals surface area contributed by atoms with Gasteiger partial charge in [-0.2, -0.15) is 0 Å². The Kier molecular flexibility index (Phi) is 4.41. The zero-order chi connectivity index (χ0) is 13.7. The Hall–Kier alpha value is -2.38. The molecule has 0 fully saturated rings. The van der Waals surface area contributed by atoms with Gasteiger partial charge in [-0.05, 0) is 12.5 Å². The lowest BCUT2D eigenvalue weighted by Crippen LogP contribution is -2.33. The normalized spacial score (nSPS) is 13.1. The van der Waals surface area contributed by atoms with Crippen LogP contribution >= 0.6 is 0 Å². The molecule has 0 bridgehead atoms. The molecule has 0 aliphatic rings. The number of nitrogens with two attached hydrogens (primary N) is 1. The van der Waals surface area contributed by atoms with Gasteiger partial charge in [-0.3, -0.25) is 10.1 Å². The zero-order valence-electron chi connectivity index (χ0n) is 9.54. The molecule has 0 aliphatic heterocycles. The lowest BCUT2D eigenvalue weighted by molar-refractivity contribution is -0.386. The summed E-state index contributed by atoms with van der Waals surface area (Å²) in [7, 11) is 0. The van der Waals surface area contributed by atoms with Gasteiger partial charge >= 0.3 is 5.69 Å². The summed E-state index contributed by atoms with van der Waals surface area (Å²) < 4.78 is 18.2. The minimum Gasteiger partial charge on any atom is -0.475 e. The van der Waals surface area contributed by atoms with E-state index in [0.29, 0.717) is 6.42 Å². The Morgan fingerprint density at radius 2 is 2.39 bits per heavy atom. The monoisotopic (exact) mass is 257 g/mol. The first-order valence-corrected chi connectivity index (χ1v) is 5.07. The van der Waals surface area contributed by atoms with Crippen LogP contribution in [-0.4, -0.2) is 22.1 Å². The molecule has 8 heteroatoms. The Balaban J connectivity index is 3.08. The average molecular weight is 257 g/mol. The highest BCUT2D eigenvalue weighted by molar-refractivity contribution is 5.84. The minimum atomic E-state index is -0.865. The Bertz CT molecular complexity index is 478. The van der Waals surface area contributed by atoms with E-state index in [1.807, 2.05) is 0 Å². The van der Waals surface area contributed by atoms with Gasteiger partial charge in [-0.15, -0.1) is 0 Å². The third-order valence-electron chi connectivity index (χ3n) is 2.20. The maximum atomic E-state index is 13.0. The van der Waals surface area contributed by atoms with Gasteiger partial charge in [-0.25, -0.2) is 4.39 Å². The van der Waals surface area contributed by atoms with Crippen molar-refractivity contribution >= 4 is 11.5 Å². The molecule has 1 aromatic rings. The van der Waals surface area contributed by atoms with Crippen molar-refractivity contribution in [2.24, 2.45) is 10.9 Å². The van der Waals surface area contributed by atoms with Crippen LogP contribution < -0.4 is 10.5 Å². The second-order valence-electron chi connectivity index (χ2n) is 3.41. The maximum Gasteiger partial charge on any atom is 0.311 e. The summed E-state index contributed by atoms with van der Waals surface area (Å²) in [5, 5.41) is 22.0. The van der Waals surface area contributed by atoms with E-state index in [9.17, 15) is 14.5 Å². The molecule has 0 heterocycles. The third-order valence-corrected chi connectivity index (χ3v) is 2.20. The number of benzene rings is 1. The number of rotatable bonds is 5. The highest BCUT2D eigenvalue weighted by atomic mass is 19.1. The zero-order valence-corrected chi connectivity index (χ0v) is 9.54. The molecule has 3 N–H and O–H groups in total. The molecule has 0 saturated heterocycles. The number of nitro groups is 1. The van der Waals surface area contributed by atoms with Gasteiger partial charge in [0.15, 0.2) is 11.9 Å². The summed E-state index contributed by atoms with van der Waals surface area (Å²) in [5.74, 6) is -1.18. The van der Waals surface area contributed by atoms with Crippen LogP contribution in [0.3, 0.4) is 0 Å². The summed E-state index contributed by atoms with van der Waals surface area (Å²) in [6.07, 6.45) is -0.556. The van der Waals surface area contributed by atoms with E-state index in [1.54, 1.807) is 6.92 Å². The number of hydrogen-bond acceptors (Lipinski definition) is 5. The molecule has 0 spiro atoms. The van der Waals surface area contributed by atoms with Crippen molar-refractivity contribution in [1.82, 2.24) is 0 Å². The van der Waals surface area contributed by atoms with Crippen molar-refractivity contribution < 1.29 is 19.3 Å². The Morgan fingerprint density at radius 1 is 1.72 bits per heavy atom. The van der Waals surface area contributed by atoms with Crippen LogP contribution in [0.25, 0.3) is 0 Å². The van der Waals surface area contributed by atoms with E-state index in [4.69, 9.17) is 15.7 Å². The fourth-order valence-electron chi connectivity index (χ4n) is 1.30. The molecule has 1 unspecified atom stereocenters. The second-order valence-corrected chi connectivity index (χ2v) is 3.41. The number of hydrogen-bond donors (Lipinski definition) is 2. The SMILES string of the molecule is CCC(Oc1cc(F)ccc1[N+](=O)[O-])C(N)=NO. The van der Waals surface area contributed by atoms with Crippen molar-refractivity contribution in [3.8, 4) is 5.75 Å². The molecule has 0 amide bonds. The van der Waals surface area contributed by atoms with Crippen LogP contribution in [0.2, 0.25) is 0 Å². The molecule has 0 radical (unpaired) electrons. The standard InChI is InChI=1S/C10H12FN3O4/c1-2-8(10(12)13-15)18-9-5-6(11)3-4-7(9)14(16)17/h3-5,8,15H,2H2,1H3,(H2,12,13). The van der Waals surface area contributed by atoms with Gasteiger partial charge in [0.25, 0.3) is 0 Å². The Morgan fingerprint density at radius 3 is 2.89 bits per heavy atom. The van der Waals surface area contributed by atoms with Crippen LogP contribution in [0.5, 0.6) is 5.75 Å². The fourth-order valence-corrected chi connectivity index (χ4v) is 1.30. The highest BCUT2D eigenvalue weighted by Crippen LogP contribution is 2.28. The molecule has 1 aromatic carbocycles. The predicted molar refractivity (Wildman–Crippen MR) is 61.2 cm³/mol. The van der Waals surface area contributed by atoms with E-state index in [0.717, 1.165) is 18.2 Å². The maximum absolute atomic E-state index is 13.0. The number of nitrogens with zero attached hydrogens (tertiary/aromatic N) is 2. The van der Waals surface area contributed by atoms with Gasteiger partial charge in [0, 0.05) is 12.1 Å². The van der Waals surface area contributed by atoms with E-state index in [1.165, 1.54) is 0 Å². The lowest BCUT2D eigenvalue weighted by atomic mass is 10.2. The number of nitro benzene ring substituents is 1. The minimum absolute atomic E-state index is 0.240. The summed E-state index contributed by atoms with van der Waals surface area (Å²) in [5.41, 5.74) is 4.96. The topological polar surface area (TPSA) is 111 Å². The molecule has 1 atom stereocenters. The van der Waals surface area contributed by atoms with Crippen LogP contribution in [-0.2, 0) is 0 Å². The molecule has 7 nitrogen and oxygen atoms in total. The van der Waals surface area contributed by atoms with E-state index in [-0.39, 0.29) is 17.3 Å². The molecule has 18 heavy (non-hydrogen) atoms. The van der Waals surface area contributed by atoms with Gasteiger partial charge in [0.2, 0.25) is 5.75 Å². The van der Waals surface area contributed by atoms with Crippen molar-refractivity contribution in [3.63, 3.8) is 0 Å². The molecular weight excluding hydrogens is 245 g/mol. The van der Waals surface area contributed by atoms with Crippen LogP contribution in [0.4, 0.5) is 10.1 Å². The molecule has 0 saturated carbocycles. The molecule has 98 valence electrons. The van der Waals surface area contributed by atoms with Gasteiger partial charge < -0.3 is 15.7 Å². The number of amidine groups is 1. The number of halogens is 1. The summed E-state index contributed by atoms with van der Waals surface area (Å²) in [6, 6.07) is 2.82. The number of oxime groups is 1. The molecule has 0 aromatic heterocycles. The highest BCUT2D eigenvalue weighted by Gasteiger charge is 2.21. The first-order chi connectivity index (χ1) is 8.49. The van der Waals surface area contributed by atoms with Gasteiger partial charge in [-0.1, -0.05) is 12.1 Å². The van der Waals surface area contributed by atoms with Gasteiger partial charge in [0.05, 0.1) is 4.92 Å². The third kappa shape index (κ3) is 3.06. The molecule has 1 rings (SSSR count). The fraction of sp³-hybridized carbons (Fsp3) is 0.300. The van der Waals surface area contributed by atoms with Crippen LogP contribution in [0.1, 0.15) is 13.3 Å². The predicted octanol–water partition coefficient (Wildman–Crippen LogP) is 1.64. The molecular formula is C10H12FN3O4. The Labute approximate surface area is 102 Å². The van der Waals surface area contributed by atoms with E-state index >= 15 is 0 Å². The van der Waals surface area contributed by atoms with Crippen LogP contribution in [0, 0.1) is 15.9 Å². The number of ether oxygens (including phenoxy) is 1. The summed E-state index contributed by atoms with van der Waals surface area (Å²) >= 11 is 0. The first-order valence-electron chi connectivity index (χ1n) is 5.07. The molecule has 0 aliphatic carbocycles. The quantitative estimate of drug-likeness (QED) is 0.274. The van der Waals surface area contributed by atoms with Gasteiger partial charge in [0.1, 0.15) is 5.82 Å². The van der Waals surface area contributed by atoms with E-state index in [2.05, 4.69) is 5.16 Å².